The summed E-state index contributed by atoms with van der Waals surface area (Å²) in [7, 11) is -3.94. The first-order valence-electron chi connectivity index (χ1n) is 4.76. The van der Waals surface area contributed by atoms with Crippen LogP contribution in [-0.2, 0) is 14.2 Å². The van der Waals surface area contributed by atoms with E-state index in [1.54, 1.807) is 0 Å². The lowest BCUT2D eigenvalue weighted by Crippen LogP contribution is -2.20. The van der Waals surface area contributed by atoms with E-state index in [2.05, 4.69) is 9.47 Å². The molecular weight excluding hydrogens is 226 g/mol. The Balaban J connectivity index is 1.95. The molecule has 1 saturated heterocycles. The third-order valence-electron chi connectivity index (χ3n) is 1.86. The zero-order valence-electron chi connectivity index (χ0n) is 8.50. The molecule has 1 rings (SSSR count). The van der Waals surface area contributed by atoms with Gasteiger partial charge in [0.1, 0.15) is 6.61 Å². The lowest BCUT2D eigenvalue weighted by molar-refractivity contribution is 0.0460. The van der Waals surface area contributed by atoms with Gasteiger partial charge in [-0.2, -0.15) is 0 Å². The normalized spacial score (nSPS) is 21.3. The summed E-state index contributed by atoms with van der Waals surface area (Å²) < 4.78 is 39.3. The SMILES string of the molecule is C[Si](F)(F)CCCOCC1COC(=O)O1. The molecule has 0 amide bonds. The van der Waals surface area contributed by atoms with Gasteiger partial charge in [-0.1, -0.05) is 0 Å². The highest BCUT2D eigenvalue weighted by atomic mass is 28.4. The van der Waals surface area contributed by atoms with Crippen molar-refractivity contribution < 1.29 is 27.2 Å². The molecule has 4 nitrogen and oxygen atoms in total. The van der Waals surface area contributed by atoms with E-state index in [0.29, 0.717) is 6.42 Å². The van der Waals surface area contributed by atoms with Crippen molar-refractivity contribution in [2.24, 2.45) is 0 Å². The maximum absolute atomic E-state index is 12.5. The molecule has 0 N–H and O–H groups in total. The molecule has 0 saturated carbocycles. The quantitative estimate of drug-likeness (QED) is 0.308. The van der Waals surface area contributed by atoms with Gasteiger partial charge in [0, 0.05) is 12.7 Å². The molecule has 0 aromatic heterocycles. The minimum atomic E-state index is -3.94. The van der Waals surface area contributed by atoms with Crippen molar-refractivity contribution in [2.75, 3.05) is 19.8 Å². The van der Waals surface area contributed by atoms with Crippen molar-refractivity contribution in [1.29, 1.82) is 0 Å². The van der Waals surface area contributed by atoms with E-state index < -0.39 is 21.0 Å². The molecule has 1 atom stereocenters. The number of halogens is 2. The lowest BCUT2D eigenvalue weighted by atomic mass is 10.4. The molecule has 88 valence electrons. The molecule has 0 spiro atoms. The summed E-state index contributed by atoms with van der Waals surface area (Å²) in [5.74, 6) is 0. The summed E-state index contributed by atoms with van der Waals surface area (Å²) in [6.07, 6.45) is -0.745. The van der Waals surface area contributed by atoms with E-state index in [-0.39, 0.29) is 25.9 Å². The highest BCUT2D eigenvalue weighted by Gasteiger charge is 2.27. The van der Waals surface area contributed by atoms with Gasteiger partial charge in [-0.3, -0.25) is 8.22 Å². The van der Waals surface area contributed by atoms with Gasteiger partial charge in [0.05, 0.1) is 6.61 Å². The largest absolute Gasteiger partial charge is 0.508 e. The average Bonchev–Trinajstić information content (AvgIpc) is 2.49. The fourth-order valence-electron chi connectivity index (χ4n) is 1.15. The van der Waals surface area contributed by atoms with E-state index in [9.17, 15) is 13.0 Å². The smallest absolute Gasteiger partial charge is 0.430 e. The van der Waals surface area contributed by atoms with Gasteiger partial charge < -0.3 is 14.2 Å². The van der Waals surface area contributed by atoms with Crippen LogP contribution in [0.15, 0.2) is 0 Å². The van der Waals surface area contributed by atoms with Crippen molar-refractivity contribution in [3.63, 3.8) is 0 Å². The molecule has 1 unspecified atom stereocenters. The fourth-order valence-corrected chi connectivity index (χ4v) is 1.91. The van der Waals surface area contributed by atoms with E-state index in [4.69, 9.17) is 4.74 Å². The molecule has 1 aliphatic heterocycles. The van der Waals surface area contributed by atoms with Crippen molar-refractivity contribution in [1.82, 2.24) is 0 Å². The third kappa shape index (κ3) is 5.68. The zero-order chi connectivity index (χ0) is 11.3. The van der Waals surface area contributed by atoms with Crippen LogP contribution in [0.5, 0.6) is 0 Å². The molecule has 7 heteroatoms. The minimum absolute atomic E-state index is 0.0616. The van der Waals surface area contributed by atoms with Gasteiger partial charge in [-0.15, -0.1) is 0 Å². The van der Waals surface area contributed by atoms with Crippen LogP contribution in [0.25, 0.3) is 0 Å². The highest BCUT2D eigenvalue weighted by molar-refractivity contribution is 6.64. The number of ether oxygens (including phenoxy) is 3. The molecule has 0 bridgehead atoms. The van der Waals surface area contributed by atoms with Crippen LogP contribution in [0.3, 0.4) is 0 Å². The first-order valence-corrected chi connectivity index (χ1v) is 7.23. The number of hydrogen-bond acceptors (Lipinski definition) is 4. The first kappa shape index (κ1) is 12.4. The number of carbonyl (C=O) groups is 1. The first-order chi connectivity index (χ1) is 6.97. The predicted octanol–water partition coefficient (Wildman–Crippen LogP) is 1.94. The molecule has 0 aromatic rings. The summed E-state index contributed by atoms with van der Waals surface area (Å²) in [4.78, 5) is 10.5. The fraction of sp³-hybridized carbons (Fsp3) is 0.875. The Morgan fingerprint density at radius 1 is 1.60 bits per heavy atom. The highest BCUT2D eigenvalue weighted by Crippen LogP contribution is 2.15. The van der Waals surface area contributed by atoms with E-state index in [1.807, 2.05) is 0 Å². The summed E-state index contributed by atoms with van der Waals surface area (Å²) in [5.41, 5.74) is 0. The van der Waals surface area contributed by atoms with Crippen molar-refractivity contribution in [2.45, 2.75) is 25.1 Å². The van der Waals surface area contributed by atoms with Crippen LogP contribution in [-0.4, -0.2) is 40.8 Å². The van der Waals surface area contributed by atoms with Crippen molar-refractivity contribution >= 4 is 14.9 Å². The Labute approximate surface area is 87.9 Å². The maximum atomic E-state index is 12.5. The summed E-state index contributed by atoms with van der Waals surface area (Å²) in [6, 6.07) is -0.0616. The molecule has 0 aromatic carbocycles. The van der Waals surface area contributed by atoms with Gasteiger partial charge in [0.2, 0.25) is 0 Å². The molecule has 0 aliphatic carbocycles. The van der Waals surface area contributed by atoms with Crippen LogP contribution in [0.2, 0.25) is 12.6 Å². The van der Waals surface area contributed by atoms with Crippen LogP contribution < -0.4 is 0 Å². The van der Waals surface area contributed by atoms with Gasteiger partial charge in [-0.05, 0) is 13.0 Å². The number of carbonyl (C=O) groups excluding carboxylic acids is 1. The number of hydrogen-bond donors (Lipinski definition) is 0. The topological polar surface area (TPSA) is 44.8 Å². The Morgan fingerprint density at radius 2 is 2.33 bits per heavy atom. The van der Waals surface area contributed by atoms with E-state index in [0.717, 1.165) is 6.55 Å². The molecule has 1 heterocycles. The molecular formula is C8H14F2O4Si. The van der Waals surface area contributed by atoms with Crippen LogP contribution >= 0.6 is 0 Å². The van der Waals surface area contributed by atoms with Gasteiger partial charge in [0.25, 0.3) is 0 Å². The summed E-state index contributed by atoms with van der Waals surface area (Å²) in [5, 5.41) is 0. The standard InChI is InChI=1S/C8H14F2O4Si/c1-15(9,10)4-2-3-12-5-7-6-13-8(11)14-7/h7H,2-6H2,1H3. The second kappa shape index (κ2) is 5.41. The number of cyclic esters (lactones) is 2. The molecule has 0 radical (unpaired) electrons. The molecule has 1 fully saturated rings. The Hall–Kier alpha value is -0.693. The van der Waals surface area contributed by atoms with E-state index in [1.165, 1.54) is 0 Å². The van der Waals surface area contributed by atoms with Crippen molar-refractivity contribution in [3.05, 3.63) is 0 Å². The second-order valence-electron chi connectivity index (χ2n) is 3.55. The molecule has 15 heavy (non-hydrogen) atoms. The monoisotopic (exact) mass is 240 g/mol. The second-order valence-corrected chi connectivity index (χ2v) is 6.19. The number of rotatable bonds is 6. The maximum Gasteiger partial charge on any atom is 0.508 e. The zero-order valence-corrected chi connectivity index (χ0v) is 9.50. The Bertz CT molecular complexity index is 219. The Kier molecular flexibility index (Phi) is 4.46. The van der Waals surface area contributed by atoms with Crippen LogP contribution in [0.1, 0.15) is 6.42 Å². The minimum Gasteiger partial charge on any atom is -0.430 e. The van der Waals surface area contributed by atoms with Crippen LogP contribution in [0, 0.1) is 0 Å². The van der Waals surface area contributed by atoms with Gasteiger partial charge in [0.15, 0.2) is 6.10 Å². The van der Waals surface area contributed by atoms with Crippen LogP contribution in [0.4, 0.5) is 13.0 Å². The Morgan fingerprint density at radius 3 is 2.87 bits per heavy atom. The molecule has 1 aliphatic rings. The van der Waals surface area contributed by atoms with Gasteiger partial charge in [-0.25, -0.2) is 4.79 Å². The van der Waals surface area contributed by atoms with E-state index >= 15 is 0 Å². The van der Waals surface area contributed by atoms with Crippen molar-refractivity contribution in [3.8, 4) is 0 Å². The lowest BCUT2D eigenvalue weighted by Gasteiger charge is -2.09. The third-order valence-corrected chi connectivity index (χ3v) is 3.09. The predicted molar refractivity (Wildman–Crippen MR) is 50.3 cm³/mol. The summed E-state index contributed by atoms with van der Waals surface area (Å²) >= 11 is 0. The van der Waals surface area contributed by atoms with Gasteiger partial charge >= 0.3 is 14.9 Å². The average molecular weight is 240 g/mol. The summed E-state index contributed by atoms with van der Waals surface area (Å²) in [6.45, 7) is 1.67.